The van der Waals surface area contributed by atoms with Crippen molar-refractivity contribution in [3.8, 4) is 0 Å². The van der Waals surface area contributed by atoms with Crippen molar-refractivity contribution in [2.24, 2.45) is 0 Å². The van der Waals surface area contributed by atoms with Crippen LogP contribution < -0.4 is 5.32 Å². The number of hydrogen-bond donors (Lipinski definition) is 1. The van der Waals surface area contributed by atoms with Gasteiger partial charge in [0.25, 0.3) is 0 Å². The topological polar surface area (TPSA) is 21.3 Å². The number of benzene rings is 1. The molecule has 0 saturated carbocycles. The maximum Gasteiger partial charge on any atom is 0.419 e. The molecular weight excluding hydrogens is 250 g/mol. The molecule has 1 aliphatic rings. The minimum absolute atomic E-state index is 0.0403. The Labute approximate surface area is 102 Å². The molecule has 1 aromatic carbocycles. The fourth-order valence-electron chi connectivity index (χ4n) is 1.95. The molecule has 100 valence electrons. The Morgan fingerprint density at radius 1 is 1.33 bits per heavy atom. The molecule has 2 rings (SSSR count). The van der Waals surface area contributed by atoms with Gasteiger partial charge in [-0.15, -0.1) is 0 Å². The van der Waals surface area contributed by atoms with Crippen LogP contribution in [0.5, 0.6) is 0 Å². The summed E-state index contributed by atoms with van der Waals surface area (Å²) in [7, 11) is 0. The summed E-state index contributed by atoms with van der Waals surface area (Å²) < 4.78 is 56.7. The number of morpholine rings is 1. The molecule has 0 spiro atoms. The molecule has 0 aliphatic carbocycles. The highest BCUT2D eigenvalue weighted by Crippen LogP contribution is 2.32. The summed E-state index contributed by atoms with van der Waals surface area (Å²) in [6.07, 6.45) is -4.80. The average molecular weight is 263 g/mol. The normalized spacial score (nSPS) is 21.0. The first-order chi connectivity index (χ1) is 8.48. The van der Waals surface area contributed by atoms with Crippen LogP contribution in [0.25, 0.3) is 0 Å². The molecular formula is C12H13F4NO. The van der Waals surface area contributed by atoms with Crippen molar-refractivity contribution in [3.05, 3.63) is 35.1 Å². The Bertz CT molecular complexity index is 413. The summed E-state index contributed by atoms with van der Waals surface area (Å²) in [6, 6.07) is 3.33. The van der Waals surface area contributed by atoms with Crippen molar-refractivity contribution in [1.82, 2.24) is 5.32 Å². The molecule has 0 unspecified atom stereocenters. The van der Waals surface area contributed by atoms with Gasteiger partial charge in [0.2, 0.25) is 0 Å². The summed E-state index contributed by atoms with van der Waals surface area (Å²) in [4.78, 5) is 0. The molecule has 18 heavy (non-hydrogen) atoms. The Hall–Kier alpha value is -1.14. The van der Waals surface area contributed by atoms with Gasteiger partial charge >= 0.3 is 6.18 Å². The van der Waals surface area contributed by atoms with Crippen LogP contribution in [0.15, 0.2) is 18.2 Å². The van der Waals surface area contributed by atoms with E-state index in [0.29, 0.717) is 19.7 Å². The van der Waals surface area contributed by atoms with E-state index in [-0.39, 0.29) is 18.1 Å². The fourth-order valence-corrected chi connectivity index (χ4v) is 1.95. The standard InChI is InChI=1S/C12H13F4NO/c13-11-8(6-9-7-17-4-5-18-9)2-1-3-10(11)12(14,15)16/h1-3,9,17H,4-7H2/t9-/m1/s1. The third-order valence-electron chi connectivity index (χ3n) is 2.84. The van der Waals surface area contributed by atoms with Crippen LogP contribution in [0.4, 0.5) is 17.6 Å². The zero-order chi connectivity index (χ0) is 13.2. The van der Waals surface area contributed by atoms with Gasteiger partial charge in [0.15, 0.2) is 0 Å². The summed E-state index contributed by atoms with van der Waals surface area (Å²) in [5.74, 6) is -1.20. The number of hydrogen-bond acceptors (Lipinski definition) is 2. The van der Waals surface area contributed by atoms with E-state index in [0.717, 1.165) is 6.07 Å². The SMILES string of the molecule is Fc1c(C[C@@H]2CNCCO2)cccc1C(F)(F)F. The minimum atomic E-state index is -4.66. The molecule has 0 bridgehead atoms. The van der Waals surface area contributed by atoms with Gasteiger partial charge in [0.05, 0.1) is 18.3 Å². The lowest BCUT2D eigenvalue weighted by molar-refractivity contribution is -0.140. The highest BCUT2D eigenvalue weighted by molar-refractivity contribution is 5.28. The molecule has 1 N–H and O–H groups in total. The zero-order valence-corrected chi connectivity index (χ0v) is 9.56. The summed E-state index contributed by atoms with van der Waals surface area (Å²) >= 11 is 0. The van der Waals surface area contributed by atoms with Crippen LogP contribution >= 0.6 is 0 Å². The second kappa shape index (κ2) is 5.24. The van der Waals surface area contributed by atoms with Gasteiger partial charge in [-0.2, -0.15) is 13.2 Å². The summed E-state index contributed by atoms with van der Waals surface area (Å²) in [5.41, 5.74) is -1.18. The van der Waals surface area contributed by atoms with Crippen molar-refractivity contribution in [1.29, 1.82) is 0 Å². The Balaban J connectivity index is 2.18. The van der Waals surface area contributed by atoms with Gasteiger partial charge in [0.1, 0.15) is 5.82 Å². The van der Waals surface area contributed by atoms with Crippen LogP contribution in [-0.4, -0.2) is 25.8 Å². The van der Waals surface area contributed by atoms with E-state index in [9.17, 15) is 17.6 Å². The number of nitrogens with one attached hydrogen (secondary N) is 1. The first-order valence-corrected chi connectivity index (χ1v) is 5.65. The molecule has 0 aromatic heterocycles. The molecule has 1 aliphatic heterocycles. The third kappa shape index (κ3) is 3.00. The van der Waals surface area contributed by atoms with Gasteiger partial charge in [-0.25, -0.2) is 4.39 Å². The maximum atomic E-state index is 13.7. The molecule has 1 saturated heterocycles. The first kappa shape index (κ1) is 13.3. The van der Waals surface area contributed by atoms with Crippen LogP contribution in [0.1, 0.15) is 11.1 Å². The molecule has 0 amide bonds. The van der Waals surface area contributed by atoms with Gasteiger partial charge in [-0.05, 0) is 11.6 Å². The third-order valence-corrected chi connectivity index (χ3v) is 2.84. The number of alkyl halides is 3. The lowest BCUT2D eigenvalue weighted by Crippen LogP contribution is -2.39. The lowest BCUT2D eigenvalue weighted by Gasteiger charge is -2.24. The van der Waals surface area contributed by atoms with Crippen molar-refractivity contribution in [3.63, 3.8) is 0 Å². The second-order valence-electron chi connectivity index (χ2n) is 4.18. The van der Waals surface area contributed by atoms with Gasteiger partial charge < -0.3 is 10.1 Å². The van der Waals surface area contributed by atoms with Crippen LogP contribution in [0.3, 0.4) is 0 Å². The predicted octanol–water partition coefficient (Wildman–Crippen LogP) is 2.38. The van der Waals surface area contributed by atoms with E-state index in [4.69, 9.17) is 4.74 Å². The summed E-state index contributed by atoms with van der Waals surface area (Å²) in [5, 5.41) is 3.05. The van der Waals surface area contributed by atoms with Gasteiger partial charge in [-0.1, -0.05) is 12.1 Å². The molecule has 1 atom stereocenters. The minimum Gasteiger partial charge on any atom is -0.375 e. The number of halogens is 4. The smallest absolute Gasteiger partial charge is 0.375 e. The molecule has 1 aromatic rings. The van der Waals surface area contributed by atoms with E-state index >= 15 is 0 Å². The van der Waals surface area contributed by atoms with E-state index in [1.807, 2.05) is 0 Å². The van der Waals surface area contributed by atoms with Gasteiger partial charge in [0, 0.05) is 19.5 Å². The van der Waals surface area contributed by atoms with Crippen LogP contribution in [-0.2, 0) is 17.3 Å². The Morgan fingerprint density at radius 3 is 2.72 bits per heavy atom. The van der Waals surface area contributed by atoms with Crippen molar-refractivity contribution in [2.45, 2.75) is 18.7 Å². The van der Waals surface area contributed by atoms with Crippen molar-refractivity contribution < 1.29 is 22.3 Å². The van der Waals surface area contributed by atoms with E-state index in [2.05, 4.69) is 5.32 Å². The van der Waals surface area contributed by atoms with Crippen LogP contribution in [0.2, 0.25) is 0 Å². The first-order valence-electron chi connectivity index (χ1n) is 5.65. The lowest BCUT2D eigenvalue weighted by atomic mass is 10.0. The monoisotopic (exact) mass is 263 g/mol. The molecule has 1 fully saturated rings. The number of ether oxygens (including phenoxy) is 1. The van der Waals surface area contributed by atoms with E-state index in [1.54, 1.807) is 0 Å². The van der Waals surface area contributed by atoms with Gasteiger partial charge in [-0.3, -0.25) is 0 Å². The maximum absolute atomic E-state index is 13.7. The highest BCUT2D eigenvalue weighted by Gasteiger charge is 2.35. The molecule has 1 heterocycles. The largest absolute Gasteiger partial charge is 0.419 e. The highest BCUT2D eigenvalue weighted by atomic mass is 19.4. The Kier molecular flexibility index (Phi) is 3.87. The van der Waals surface area contributed by atoms with E-state index in [1.165, 1.54) is 12.1 Å². The quantitative estimate of drug-likeness (QED) is 0.827. The predicted molar refractivity (Wildman–Crippen MR) is 57.7 cm³/mol. The van der Waals surface area contributed by atoms with Crippen LogP contribution in [0, 0.1) is 5.82 Å². The summed E-state index contributed by atoms with van der Waals surface area (Å²) in [6.45, 7) is 1.72. The van der Waals surface area contributed by atoms with Crippen molar-refractivity contribution >= 4 is 0 Å². The fraction of sp³-hybridized carbons (Fsp3) is 0.500. The second-order valence-corrected chi connectivity index (χ2v) is 4.18. The zero-order valence-electron chi connectivity index (χ0n) is 9.56. The molecule has 2 nitrogen and oxygen atoms in total. The van der Waals surface area contributed by atoms with Crippen molar-refractivity contribution in [2.75, 3.05) is 19.7 Å². The number of rotatable bonds is 2. The van der Waals surface area contributed by atoms with E-state index < -0.39 is 17.6 Å². The molecule has 6 heteroatoms. The Morgan fingerprint density at radius 2 is 2.11 bits per heavy atom. The average Bonchev–Trinajstić information content (AvgIpc) is 2.32. The molecule has 0 radical (unpaired) electrons.